The lowest BCUT2D eigenvalue weighted by Gasteiger charge is -2.36. The van der Waals surface area contributed by atoms with Crippen molar-refractivity contribution in [3.8, 4) is 5.75 Å². The lowest BCUT2D eigenvalue weighted by Crippen LogP contribution is -2.45. The third kappa shape index (κ3) is 3.72. The Morgan fingerprint density at radius 2 is 2.17 bits per heavy atom. The number of benzene rings is 1. The average molecular weight is 327 g/mol. The summed E-state index contributed by atoms with van der Waals surface area (Å²) in [6, 6.07) is 11.5. The van der Waals surface area contributed by atoms with E-state index in [1.54, 1.807) is 12.1 Å². The Morgan fingerprint density at radius 3 is 2.92 bits per heavy atom. The van der Waals surface area contributed by atoms with Gasteiger partial charge < -0.3 is 19.9 Å². The molecule has 1 aliphatic heterocycles. The van der Waals surface area contributed by atoms with E-state index in [0.29, 0.717) is 13.0 Å². The second-order valence-corrected chi connectivity index (χ2v) is 6.40. The smallest absolute Gasteiger partial charge is 0.317 e. The van der Waals surface area contributed by atoms with Crippen LogP contribution in [0.4, 0.5) is 4.79 Å². The number of carbonyl (C=O) groups excluding carboxylic acids is 1. The maximum absolute atomic E-state index is 12.6. The van der Waals surface area contributed by atoms with Gasteiger partial charge in [0, 0.05) is 32.0 Å². The number of piperidine rings is 1. The molecule has 0 spiro atoms. The minimum atomic E-state index is 0.000975. The van der Waals surface area contributed by atoms with Crippen LogP contribution in [0.1, 0.15) is 36.6 Å². The van der Waals surface area contributed by atoms with E-state index in [0.717, 1.165) is 31.4 Å². The molecule has 128 valence electrons. The van der Waals surface area contributed by atoms with Gasteiger partial charge in [0.25, 0.3) is 0 Å². The summed E-state index contributed by atoms with van der Waals surface area (Å²) in [5, 5.41) is 12.5. The highest BCUT2D eigenvalue weighted by Gasteiger charge is 2.29. The fourth-order valence-corrected chi connectivity index (χ4v) is 3.43. The van der Waals surface area contributed by atoms with Crippen LogP contribution in [-0.4, -0.2) is 33.7 Å². The highest BCUT2D eigenvalue weighted by atomic mass is 16.3. The molecular weight excluding hydrogens is 302 g/mol. The van der Waals surface area contributed by atoms with Crippen LogP contribution in [0, 0.1) is 0 Å². The molecule has 0 aliphatic carbocycles. The molecule has 5 heteroatoms. The second kappa shape index (κ2) is 7.43. The van der Waals surface area contributed by atoms with Gasteiger partial charge in [0.2, 0.25) is 0 Å². The maximum Gasteiger partial charge on any atom is 0.317 e. The van der Waals surface area contributed by atoms with Crippen molar-refractivity contribution in [1.82, 2.24) is 14.8 Å². The van der Waals surface area contributed by atoms with Crippen molar-refractivity contribution in [2.45, 2.75) is 31.7 Å². The van der Waals surface area contributed by atoms with Crippen LogP contribution in [0.25, 0.3) is 0 Å². The van der Waals surface area contributed by atoms with Crippen molar-refractivity contribution in [3.63, 3.8) is 0 Å². The van der Waals surface area contributed by atoms with E-state index in [9.17, 15) is 9.90 Å². The lowest BCUT2D eigenvalue weighted by molar-refractivity contribution is 0.148. The van der Waals surface area contributed by atoms with Gasteiger partial charge in [-0.2, -0.15) is 0 Å². The summed E-state index contributed by atoms with van der Waals surface area (Å²) in [4.78, 5) is 14.6. The minimum absolute atomic E-state index is 0.000975. The quantitative estimate of drug-likeness (QED) is 0.906. The monoisotopic (exact) mass is 327 g/mol. The molecule has 2 aromatic rings. The van der Waals surface area contributed by atoms with Gasteiger partial charge >= 0.3 is 6.03 Å². The number of nitrogens with one attached hydrogen (secondary N) is 1. The fourth-order valence-electron chi connectivity index (χ4n) is 3.43. The first-order valence-corrected chi connectivity index (χ1v) is 8.59. The first-order valence-electron chi connectivity index (χ1n) is 8.59. The topological polar surface area (TPSA) is 57.5 Å². The van der Waals surface area contributed by atoms with Crippen molar-refractivity contribution in [3.05, 3.63) is 53.9 Å². The molecular formula is C19H25N3O2. The van der Waals surface area contributed by atoms with E-state index in [1.807, 2.05) is 36.3 Å². The standard InChI is InChI=1S/C19H25N3O2/c1-21-12-5-9-17(21)18-8-2-3-13-22(18)19(24)20-11-10-15-6-4-7-16(23)14-15/h4-7,9,12,14,18,23H,2-3,8,10-11,13H2,1H3,(H,20,24)/t18-/m0/s1. The third-order valence-corrected chi connectivity index (χ3v) is 4.69. The molecule has 0 bridgehead atoms. The summed E-state index contributed by atoms with van der Waals surface area (Å²) < 4.78 is 2.10. The molecule has 0 radical (unpaired) electrons. The minimum Gasteiger partial charge on any atom is -0.508 e. The zero-order chi connectivity index (χ0) is 16.9. The number of nitrogens with zero attached hydrogens (tertiary/aromatic N) is 2. The van der Waals surface area contributed by atoms with Crippen LogP contribution < -0.4 is 5.32 Å². The zero-order valence-corrected chi connectivity index (χ0v) is 14.1. The maximum atomic E-state index is 12.6. The summed E-state index contributed by atoms with van der Waals surface area (Å²) in [5.74, 6) is 0.263. The van der Waals surface area contributed by atoms with Gasteiger partial charge in [0.15, 0.2) is 0 Å². The molecule has 2 amide bonds. The molecule has 0 saturated carbocycles. The first kappa shape index (κ1) is 16.4. The van der Waals surface area contributed by atoms with Gasteiger partial charge in [-0.1, -0.05) is 12.1 Å². The summed E-state index contributed by atoms with van der Waals surface area (Å²) >= 11 is 0. The van der Waals surface area contributed by atoms with Crippen molar-refractivity contribution in [2.24, 2.45) is 7.05 Å². The van der Waals surface area contributed by atoms with Gasteiger partial charge in [0.05, 0.1) is 6.04 Å². The van der Waals surface area contributed by atoms with Crippen LogP contribution in [0.15, 0.2) is 42.6 Å². The highest BCUT2D eigenvalue weighted by molar-refractivity contribution is 5.74. The number of hydrogen-bond acceptors (Lipinski definition) is 2. The number of aromatic nitrogens is 1. The van der Waals surface area contributed by atoms with Crippen LogP contribution in [0.5, 0.6) is 5.75 Å². The Hall–Kier alpha value is -2.43. The largest absolute Gasteiger partial charge is 0.508 e. The predicted molar refractivity (Wildman–Crippen MR) is 93.9 cm³/mol. The van der Waals surface area contributed by atoms with Gasteiger partial charge in [0.1, 0.15) is 5.75 Å². The summed E-state index contributed by atoms with van der Waals surface area (Å²) in [6.45, 7) is 1.37. The van der Waals surface area contributed by atoms with E-state index < -0.39 is 0 Å². The van der Waals surface area contributed by atoms with E-state index in [1.165, 1.54) is 5.69 Å². The Kier molecular flexibility index (Phi) is 5.08. The van der Waals surface area contributed by atoms with Crippen LogP contribution in [0.3, 0.4) is 0 Å². The van der Waals surface area contributed by atoms with Crippen LogP contribution in [-0.2, 0) is 13.5 Å². The van der Waals surface area contributed by atoms with Gasteiger partial charge in [-0.3, -0.25) is 0 Å². The number of carbonyl (C=O) groups is 1. The van der Waals surface area contributed by atoms with Gasteiger partial charge in [-0.05, 0) is 55.5 Å². The SMILES string of the molecule is Cn1cccc1[C@@H]1CCCCN1C(=O)NCCc1cccc(O)c1. The number of amides is 2. The van der Waals surface area contributed by atoms with E-state index >= 15 is 0 Å². The highest BCUT2D eigenvalue weighted by Crippen LogP contribution is 2.30. The summed E-state index contributed by atoms with van der Waals surface area (Å²) in [6.07, 6.45) is 5.96. The Morgan fingerprint density at radius 1 is 1.29 bits per heavy atom. The molecule has 1 atom stereocenters. The number of phenols is 1. The number of aromatic hydroxyl groups is 1. The van der Waals surface area contributed by atoms with E-state index in [2.05, 4.69) is 16.0 Å². The molecule has 3 rings (SSSR count). The molecule has 1 aliphatic rings. The van der Waals surface area contributed by atoms with Crippen molar-refractivity contribution in [2.75, 3.05) is 13.1 Å². The first-order chi connectivity index (χ1) is 11.6. The third-order valence-electron chi connectivity index (χ3n) is 4.69. The van der Waals surface area contributed by atoms with Gasteiger partial charge in [-0.15, -0.1) is 0 Å². The predicted octanol–water partition coefficient (Wildman–Crippen LogP) is 3.21. The Balaban J connectivity index is 1.59. The molecule has 1 fully saturated rings. The van der Waals surface area contributed by atoms with Crippen LogP contribution >= 0.6 is 0 Å². The van der Waals surface area contributed by atoms with E-state index in [-0.39, 0.29) is 17.8 Å². The molecule has 1 aromatic carbocycles. The average Bonchev–Trinajstić information content (AvgIpc) is 3.01. The number of hydrogen-bond donors (Lipinski definition) is 2. The molecule has 1 saturated heterocycles. The van der Waals surface area contributed by atoms with Crippen molar-refractivity contribution in [1.29, 1.82) is 0 Å². The van der Waals surface area contributed by atoms with Crippen molar-refractivity contribution >= 4 is 6.03 Å². The number of likely N-dealkylation sites (tertiary alicyclic amines) is 1. The molecule has 5 nitrogen and oxygen atoms in total. The summed E-state index contributed by atoms with van der Waals surface area (Å²) in [7, 11) is 2.03. The fraction of sp³-hybridized carbons (Fsp3) is 0.421. The number of rotatable bonds is 4. The van der Waals surface area contributed by atoms with Crippen molar-refractivity contribution < 1.29 is 9.90 Å². The normalized spacial score (nSPS) is 17.7. The number of urea groups is 1. The van der Waals surface area contributed by atoms with Crippen LogP contribution in [0.2, 0.25) is 0 Å². The number of phenolic OH excluding ortho intramolecular Hbond substituents is 1. The Labute approximate surface area is 142 Å². The van der Waals surface area contributed by atoms with E-state index in [4.69, 9.17) is 0 Å². The molecule has 1 aromatic heterocycles. The molecule has 2 heterocycles. The number of aryl methyl sites for hydroxylation is 1. The molecule has 2 N–H and O–H groups in total. The molecule has 24 heavy (non-hydrogen) atoms. The van der Waals surface area contributed by atoms with Gasteiger partial charge in [-0.25, -0.2) is 4.79 Å². The lowest BCUT2D eigenvalue weighted by atomic mass is 9.99. The summed E-state index contributed by atoms with van der Waals surface area (Å²) in [5.41, 5.74) is 2.21. The molecule has 0 unspecified atom stereocenters. The second-order valence-electron chi connectivity index (χ2n) is 6.40. The Bertz CT molecular complexity index is 695. The zero-order valence-electron chi connectivity index (χ0n) is 14.1.